The van der Waals surface area contributed by atoms with E-state index in [1.807, 2.05) is 18.2 Å². The first-order chi connectivity index (χ1) is 28.2. The van der Waals surface area contributed by atoms with Crippen LogP contribution in [-0.2, 0) is 32.0 Å². The summed E-state index contributed by atoms with van der Waals surface area (Å²) in [4.78, 5) is 70.2. The predicted octanol–water partition coefficient (Wildman–Crippen LogP) is 9.50. The number of nitrogens with zero attached hydrogens (tertiary/aromatic N) is 1. The summed E-state index contributed by atoms with van der Waals surface area (Å²) in [5.74, 6) is -3.08. The van der Waals surface area contributed by atoms with Crippen molar-refractivity contribution < 1.29 is 37.8 Å². The number of anilines is 2. The van der Waals surface area contributed by atoms with E-state index < -0.39 is 46.5 Å². The van der Waals surface area contributed by atoms with Crippen LogP contribution in [0.5, 0.6) is 0 Å². The van der Waals surface area contributed by atoms with Crippen LogP contribution in [0.4, 0.5) is 19.9 Å². The van der Waals surface area contributed by atoms with E-state index >= 15 is 0 Å². The molecule has 2 heterocycles. The van der Waals surface area contributed by atoms with E-state index in [0.717, 1.165) is 4.88 Å². The molecule has 0 radical (unpaired) electrons. The molecule has 304 valence electrons. The number of ether oxygens (including phenoxy) is 2. The number of hydrogen-bond donors (Lipinski definition) is 3. The van der Waals surface area contributed by atoms with Crippen molar-refractivity contribution in [3.8, 4) is 0 Å². The number of methoxy groups -OCH3 is 1. The van der Waals surface area contributed by atoms with Crippen molar-refractivity contribution in [2.45, 2.75) is 49.5 Å². The number of carbonyl (C=O) groups excluding carboxylic acids is 5. The Morgan fingerprint density at radius 3 is 2.29 bits per heavy atom. The molecule has 1 atom stereocenters. The van der Waals surface area contributed by atoms with Crippen LogP contribution in [0, 0.1) is 5.82 Å². The van der Waals surface area contributed by atoms with Crippen molar-refractivity contribution in [3.05, 3.63) is 152 Å². The number of thiophene rings is 1. The zero-order chi connectivity index (χ0) is 42.3. The van der Waals surface area contributed by atoms with Crippen molar-refractivity contribution in [3.63, 3.8) is 0 Å². The molecule has 1 aliphatic rings. The van der Waals surface area contributed by atoms with Crippen molar-refractivity contribution in [2.75, 3.05) is 24.3 Å². The number of esters is 1. The number of nitrogens with one attached hydrogen (secondary N) is 3. The summed E-state index contributed by atoms with van der Waals surface area (Å²) in [5.41, 5.74) is 1.17. The highest BCUT2D eigenvalue weighted by Gasteiger charge is 2.34. The summed E-state index contributed by atoms with van der Waals surface area (Å²) in [7, 11) is 1.27. The fraction of sp³-hybridized carbons (Fsp3) is 0.205. The second-order valence-electron chi connectivity index (χ2n) is 14.2. The molecular formula is C44H40ClFN4O7S2. The van der Waals surface area contributed by atoms with E-state index in [2.05, 4.69) is 16.0 Å². The molecule has 1 aromatic heterocycles. The minimum absolute atomic E-state index is 0.0390. The summed E-state index contributed by atoms with van der Waals surface area (Å²) in [6.07, 6.45) is 1.06. The zero-order valence-electron chi connectivity index (χ0n) is 32.5. The van der Waals surface area contributed by atoms with Crippen LogP contribution in [0.3, 0.4) is 0 Å². The monoisotopic (exact) mass is 854 g/mol. The molecule has 3 N–H and O–H groups in total. The maximum absolute atomic E-state index is 14.9. The first kappa shape index (κ1) is 42.6. The number of hydrogen-bond acceptors (Lipinski definition) is 9. The van der Waals surface area contributed by atoms with Gasteiger partial charge in [-0.15, -0.1) is 23.1 Å². The van der Waals surface area contributed by atoms with Crippen LogP contribution in [0.1, 0.15) is 68.3 Å². The summed E-state index contributed by atoms with van der Waals surface area (Å²) < 4.78 is 25.6. The van der Waals surface area contributed by atoms with Crippen LogP contribution < -0.4 is 16.0 Å². The number of carbonyl (C=O) groups is 5. The van der Waals surface area contributed by atoms with E-state index in [0.29, 0.717) is 39.7 Å². The Morgan fingerprint density at radius 1 is 0.915 bits per heavy atom. The Bertz CT molecular complexity index is 2400. The van der Waals surface area contributed by atoms with E-state index in [1.165, 1.54) is 54.5 Å². The number of rotatable bonds is 11. The van der Waals surface area contributed by atoms with Gasteiger partial charge in [0.25, 0.3) is 11.8 Å². The van der Waals surface area contributed by atoms with Gasteiger partial charge in [-0.25, -0.2) is 14.0 Å². The summed E-state index contributed by atoms with van der Waals surface area (Å²) in [5, 5.41) is 7.83. The molecule has 11 nitrogen and oxygen atoms in total. The molecular weight excluding hydrogens is 815 g/mol. The second-order valence-corrected chi connectivity index (χ2v) is 16.9. The molecule has 0 spiro atoms. The maximum atomic E-state index is 14.9. The Labute approximate surface area is 353 Å². The molecule has 59 heavy (non-hydrogen) atoms. The van der Waals surface area contributed by atoms with Crippen molar-refractivity contribution in [1.82, 2.24) is 10.2 Å². The minimum atomic E-state index is -0.839. The third-order valence-electron chi connectivity index (χ3n) is 8.84. The molecule has 0 aliphatic carbocycles. The smallest absolute Gasteiger partial charge is 0.410 e. The molecule has 1 unspecified atom stereocenters. The third kappa shape index (κ3) is 10.8. The number of benzene rings is 4. The average Bonchev–Trinajstić information content (AvgIpc) is 3.57. The Morgan fingerprint density at radius 2 is 1.61 bits per heavy atom. The number of halogens is 2. The zero-order valence-corrected chi connectivity index (χ0v) is 34.9. The maximum Gasteiger partial charge on any atom is 0.410 e. The highest BCUT2D eigenvalue weighted by Crippen LogP contribution is 2.41. The molecule has 5 aromatic rings. The van der Waals surface area contributed by atoms with Gasteiger partial charge >= 0.3 is 12.1 Å². The van der Waals surface area contributed by atoms with E-state index in [-0.39, 0.29) is 34.0 Å². The molecule has 0 bridgehead atoms. The van der Waals surface area contributed by atoms with E-state index in [4.69, 9.17) is 21.1 Å². The molecule has 4 aromatic carbocycles. The normalized spacial score (nSPS) is 13.1. The lowest BCUT2D eigenvalue weighted by Gasteiger charge is -2.30. The second kappa shape index (κ2) is 18.7. The Hall–Kier alpha value is -5.96. The van der Waals surface area contributed by atoms with Crippen LogP contribution in [0.15, 0.2) is 114 Å². The van der Waals surface area contributed by atoms with Crippen LogP contribution in [0.2, 0.25) is 5.02 Å². The lowest BCUT2D eigenvalue weighted by atomic mass is 10.0. The van der Waals surface area contributed by atoms with Gasteiger partial charge in [0.1, 0.15) is 27.4 Å². The third-order valence-corrected chi connectivity index (χ3v) is 11.5. The first-order valence-corrected chi connectivity index (χ1v) is 20.4. The van der Waals surface area contributed by atoms with Gasteiger partial charge in [0.2, 0.25) is 5.91 Å². The molecule has 1 aliphatic heterocycles. The first-order valence-electron chi connectivity index (χ1n) is 18.4. The minimum Gasteiger partial charge on any atom is -0.465 e. The molecule has 15 heteroatoms. The average molecular weight is 855 g/mol. The Kier molecular flexibility index (Phi) is 13.5. The van der Waals surface area contributed by atoms with Crippen molar-refractivity contribution in [1.29, 1.82) is 0 Å². The SMILES string of the molecule is COC(=O)c1c(NC(=O)C(Sc2cccc(NC(=O)/C(=C\c3c(F)cccc3Cl)NC(=O)c3ccccc3)c2)c2ccccc2)sc2c1CCN(C(=O)OC(C)(C)C)C2. The highest BCUT2D eigenvalue weighted by atomic mass is 35.5. The largest absolute Gasteiger partial charge is 0.465 e. The predicted molar refractivity (Wildman–Crippen MR) is 228 cm³/mol. The summed E-state index contributed by atoms with van der Waals surface area (Å²) >= 11 is 8.68. The van der Waals surface area contributed by atoms with Gasteiger partial charge in [-0.3, -0.25) is 14.4 Å². The van der Waals surface area contributed by atoms with Gasteiger partial charge in [-0.1, -0.05) is 72.3 Å². The fourth-order valence-corrected chi connectivity index (χ4v) is 8.64. The molecule has 0 fully saturated rings. The van der Waals surface area contributed by atoms with E-state index in [1.54, 1.807) is 92.4 Å². The topological polar surface area (TPSA) is 143 Å². The van der Waals surface area contributed by atoms with Gasteiger partial charge < -0.3 is 30.3 Å². The van der Waals surface area contributed by atoms with Crippen LogP contribution >= 0.6 is 34.7 Å². The molecule has 4 amide bonds. The molecule has 0 saturated heterocycles. The van der Waals surface area contributed by atoms with Gasteiger partial charge in [0.15, 0.2) is 0 Å². The lowest BCUT2D eigenvalue weighted by molar-refractivity contribution is -0.116. The fourth-order valence-electron chi connectivity index (χ4n) is 6.09. The molecule has 0 saturated carbocycles. The van der Waals surface area contributed by atoms with Gasteiger partial charge in [-0.2, -0.15) is 0 Å². The standard InChI is InChI=1S/C44H40ClFN4O7S2/c1-44(2,3)57-43(55)50-22-21-30-35(25-50)59-41(36(30)42(54)56-4)49-40(53)37(26-13-7-5-8-14-26)58-29-18-11-17-28(23-29)47-39(52)34(24-31-32(45)19-12-20-33(31)46)48-38(51)27-15-9-6-10-16-27/h5-20,23-24,37H,21-22,25H2,1-4H3,(H,47,52)(H,48,51)(H,49,53)/b34-24+. The summed E-state index contributed by atoms with van der Waals surface area (Å²) in [6, 6.07) is 28.1. The highest BCUT2D eigenvalue weighted by molar-refractivity contribution is 8.00. The number of amides is 4. The molecule has 6 rings (SSSR count). The van der Waals surface area contributed by atoms with Gasteiger partial charge in [0.05, 0.1) is 24.2 Å². The van der Waals surface area contributed by atoms with Crippen molar-refractivity contribution >= 4 is 81.2 Å². The van der Waals surface area contributed by atoms with E-state index in [9.17, 15) is 28.4 Å². The summed E-state index contributed by atoms with van der Waals surface area (Å²) in [6.45, 7) is 5.88. The number of fused-ring (bicyclic) bond motifs is 1. The lowest BCUT2D eigenvalue weighted by Crippen LogP contribution is -2.39. The van der Waals surface area contributed by atoms with Gasteiger partial charge in [-0.05, 0) is 86.9 Å². The quantitative estimate of drug-likeness (QED) is 0.0678. The van der Waals surface area contributed by atoms with Gasteiger partial charge in [0, 0.05) is 33.1 Å². The van der Waals surface area contributed by atoms with Crippen LogP contribution in [-0.4, -0.2) is 53.9 Å². The van der Waals surface area contributed by atoms with Crippen molar-refractivity contribution in [2.24, 2.45) is 0 Å². The number of thioether (sulfide) groups is 1. The van der Waals surface area contributed by atoms with Crippen LogP contribution in [0.25, 0.3) is 6.08 Å². The Balaban J connectivity index is 1.25.